The fraction of sp³-hybridized carbons (Fsp3) is 0.281. The minimum Gasteiger partial charge on any atom is -0.437 e. The van der Waals surface area contributed by atoms with Crippen LogP contribution in [0.2, 0.25) is 0 Å². The smallest absolute Gasteiger partial charge is 0.227 e. The van der Waals surface area contributed by atoms with Crippen LogP contribution in [0, 0.1) is 34.6 Å². The molecule has 2 aromatic carbocycles. The van der Waals surface area contributed by atoms with Crippen molar-refractivity contribution in [3.8, 4) is 17.1 Å². The first-order valence-electron chi connectivity index (χ1n) is 12.8. The van der Waals surface area contributed by atoms with Crippen LogP contribution < -0.4 is 0 Å². The molecule has 0 atom stereocenters. The largest absolute Gasteiger partial charge is 0.437 e. The molecular weight excluding hydrogens is 456 g/mol. The van der Waals surface area contributed by atoms with Crippen LogP contribution in [0.15, 0.2) is 53.1 Å². The van der Waals surface area contributed by atoms with Gasteiger partial charge in [0.15, 0.2) is 0 Å². The summed E-state index contributed by atoms with van der Waals surface area (Å²) in [6, 6.07) is 15.1. The van der Waals surface area contributed by atoms with E-state index in [-0.39, 0.29) is 5.41 Å². The molecule has 0 aliphatic carbocycles. The molecule has 0 saturated heterocycles. The molecule has 5 nitrogen and oxygen atoms in total. The first-order valence-corrected chi connectivity index (χ1v) is 12.8. The Morgan fingerprint density at radius 3 is 2.24 bits per heavy atom. The number of rotatable bonds is 2. The second-order valence-corrected chi connectivity index (χ2v) is 11.4. The second kappa shape index (κ2) is 8.01. The molecule has 0 saturated carbocycles. The van der Waals surface area contributed by atoms with Crippen LogP contribution in [0.4, 0.5) is 0 Å². The Kier molecular flexibility index (Phi) is 5.07. The van der Waals surface area contributed by atoms with Crippen LogP contribution in [-0.4, -0.2) is 19.5 Å². The van der Waals surface area contributed by atoms with Gasteiger partial charge in [0.05, 0.1) is 23.0 Å². The highest BCUT2D eigenvalue weighted by atomic mass is 16.3. The number of hydrogen-bond donors (Lipinski definition) is 0. The number of aryl methyl sites for hydroxylation is 5. The summed E-state index contributed by atoms with van der Waals surface area (Å²) in [5, 5.41) is 2.12. The third kappa shape index (κ3) is 3.64. The molecule has 0 fully saturated rings. The fourth-order valence-corrected chi connectivity index (χ4v) is 5.53. The van der Waals surface area contributed by atoms with Crippen molar-refractivity contribution < 1.29 is 4.42 Å². The molecule has 0 amide bonds. The number of nitrogens with zero attached hydrogens (tertiary/aromatic N) is 4. The van der Waals surface area contributed by atoms with Crippen molar-refractivity contribution in [2.45, 2.75) is 60.8 Å². The van der Waals surface area contributed by atoms with Crippen molar-refractivity contribution >= 4 is 33.1 Å². The van der Waals surface area contributed by atoms with E-state index in [2.05, 4.69) is 100 Å². The number of hydrogen-bond acceptors (Lipinski definition) is 4. The Bertz CT molecular complexity index is 1840. The van der Waals surface area contributed by atoms with Crippen molar-refractivity contribution in [3.05, 3.63) is 82.3 Å². The minimum atomic E-state index is -0.0651. The number of aromatic nitrogens is 4. The summed E-state index contributed by atoms with van der Waals surface area (Å²) in [4.78, 5) is 14.6. The zero-order valence-electron chi connectivity index (χ0n) is 22.8. The fourth-order valence-electron chi connectivity index (χ4n) is 5.53. The van der Waals surface area contributed by atoms with Gasteiger partial charge in [-0.05, 0) is 75.6 Å². The second-order valence-electron chi connectivity index (χ2n) is 11.4. The maximum atomic E-state index is 6.56. The van der Waals surface area contributed by atoms with E-state index >= 15 is 0 Å². The summed E-state index contributed by atoms with van der Waals surface area (Å²) in [5.41, 5.74) is 12.2. The first kappa shape index (κ1) is 23.4. The lowest BCUT2D eigenvalue weighted by molar-refractivity contribution is 0.562. The van der Waals surface area contributed by atoms with E-state index in [9.17, 15) is 0 Å². The molecule has 37 heavy (non-hydrogen) atoms. The van der Waals surface area contributed by atoms with E-state index in [4.69, 9.17) is 14.4 Å². The molecular formula is C32H32N4O. The van der Waals surface area contributed by atoms with Crippen molar-refractivity contribution in [2.24, 2.45) is 0 Å². The Morgan fingerprint density at radius 1 is 0.811 bits per heavy atom. The molecule has 0 radical (unpaired) electrons. The topological polar surface area (TPSA) is 56.7 Å². The van der Waals surface area contributed by atoms with Gasteiger partial charge in [-0.25, -0.2) is 9.97 Å². The summed E-state index contributed by atoms with van der Waals surface area (Å²) >= 11 is 0. The lowest BCUT2D eigenvalue weighted by Crippen LogP contribution is -2.12. The average molecular weight is 489 g/mol. The Balaban J connectivity index is 1.73. The highest BCUT2D eigenvalue weighted by Gasteiger charge is 2.24. The number of fused-ring (bicyclic) bond motifs is 4. The Labute approximate surface area is 217 Å². The van der Waals surface area contributed by atoms with Crippen LogP contribution in [0.3, 0.4) is 0 Å². The Hall–Kier alpha value is -3.99. The van der Waals surface area contributed by atoms with Crippen LogP contribution in [0.25, 0.3) is 50.2 Å². The summed E-state index contributed by atoms with van der Waals surface area (Å²) in [5.74, 6) is 0.845. The molecule has 186 valence electrons. The van der Waals surface area contributed by atoms with Crippen LogP contribution in [-0.2, 0) is 5.41 Å². The van der Waals surface area contributed by atoms with E-state index in [0.717, 1.165) is 61.4 Å². The maximum Gasteiger partial charge on any atom is 0.227 e. The highest BCUT2D eigenvalue weighted by molar-refractivity contribution is 6.10. The van der Waals surface area contributed by atoms with E-state index in [0.29, 0.717) is 5.71 Å². The average Bonchev–Trinajstić information content (AvgIpc) is 3.37. The van der Waals surface area contributed by atoms with Crippen molar-refractivity contribution in [1.82, 2.24) is 19.5 Å². The van der Waals surface area contributed by atoms with Crippen molar-refractivity contribution in [3.63, 3.8) is 0 Å². The van der Waals surface area contributed by atoms with E-state index in [1.165, 1.54) is 16.7 Å². The Morgan fingerprint density at radius 2 is 1.54 bits per heavy atom. The lowest BCUT2D eigenvalue weighted by atomic mass is 9.91. The summed E-state index contributed by atoms with van der Waals surface area (Å²) in [6.45, 7) is 17.1. The maximum absolute atomic E-state index is 6.56. The van der Waals surface area contributed by atoms with Gasteiger partial charge in [-0.3, -0.25) is 9.55 Å². The van der Waals surface area contributed by atoms with Crippen LogP contribution >= 0.6 is 0 Å². The first-order chi connectivity index (χ1) is 17.5. The zero-order valence-corrected chi connectivity index (χ0v) is 22.8. The van der Waals surface area contributed by atoms with Crippen LogP contribution in [0.5, 0.6) is 0 Å². The van der Waals surface area contributed by atoms with Gasteiger partial charge in [0.1, 0.15) is 16.9 Å². The predicted octanol–water partition coefficient (Wildman–Crippen LogP) is 8.22. The molecule has 4 heterocycles. The molecule has 6 aromatic rings. The molecule has 6 rings (SSSR count). The van der Waals surface area contributed by atoms with Gasteiger partial charge in [-0.2, -0.15) is 0 Å². The quantitative estimate of drug-likeness (QED) is 0.246. The van der Waals surface area contributed by atoms with E-state index < -0.39 is 0 Å². The van der Waals surface area contributed by atoms with Gasteiger partial charge in [0, 0.05) is 27.6 Å². The number of pyridine rings is 2. The van der Waals surface area contributed by atoms with Crippen molar-refractivity contribution in [1.29, 1.82) is 0 Å². The third-order valence-corrected chi connectivity index (χ3v) is 7.24. The number of imidazole rings is 1. The standard InChI is InChI=1S/C32H32N4O/c1-17-13-19(3)28(20(4)14-17)36-25-15-21(5)33-16-24(25)34-30(36)23-10-9-18(2)27-22-11-12-26(32(6,7)8)35-31(22)37-29(23)27/h9-16H,1-8H3. The highest BCUT2D eigenvalue weighted by Crippen LogP contribution is 2.40. The SMILES string of the molecule is Cc1cc(C)c(-n2c(-c3ccc(C)c4c3oc3nc(C(C)(C)C)ccc34)nc3cnc(C)cc32)c(C)c1. The van der Waals surface area contributed by atoms with E-state index in [1.807, 2.05) is 13.1 Å². The van der Waals surface area contributed by atoms with Gasteiger partial charge in [-0.15, -0.1) is 0 Å². The van der Waals surface area contributed by atoms with Gasteiger partial charge in [0.25, 0.3) is 0 Å². The monoisotopic (exact) mass is 488 g/mol. The zero-order chi connectivity index (χ0) is 26.2. The van der Waals surface area contributed by atoms with E-state index in [1.54, 1.807) is 0 Å². The molecule has 0 unspecified atom stereocenters. The summed E-state index contributed by atoms with van der Waals surface area (Å²) in [6.07, 6.45) is 1.87. The van der Waals surface area contributed by atoms with Gasteiger partial charge >= 0.3 is 0 Å². The van der Waals surface area contributed by atoms with Gasteiger partial charge in [-0.1, -0.05) is 44.5 Å². The molecule has 0 spiro atoms. The molecule has 0 aliphatic rings. The molecule has 0 bridgehead atoms. The summed E-state index contributed by atoms with van der Waals surface area (Å²) in [7, 11) is 0. The van der Waals surface area contributed by atoms with Crippen LogP contribution in [0.1, 0.15) is 54.4 Å². The van der Waals surface area contributed by atoms with Crippen molar-refractivity contribution in [2.75, 3.05) is 0 Å². The molecule has 5 heteroatoms. The normalized spacial score (nSPS) is 12.3. The lowest BCUT2D eigenvalue weighted by Gasteiger charge is -2.16. The minimum absolute atomic E-state index is 0.0651. The number of furan rings is 1. The number of benzene rings is 2. The summed E-state index contributed by atoms with van der Waals surface area (Å²) < 4.78 is 8.84. The third-order valence-electron chi connectivity index (χ3n) is 7.24. The van der Waals surface area contributed by atoms with Gasteiger partial charge in [0.2, 0.25) is 5.71 Å². The predicted molar refractivity (Wildman–Crippen MR) is 152 cm³/mol. The van der Waals surface area contributed by atoms with Gasteiger partial charge < -0.3 is 4.42 Å². The molecule has 0 aliphatic heterocycles. The molecule has 4 aromatic heterocycles. The molecule has 0 N–H and O–H groups in total.